The molecule has 0 amide bonds. The third-order valence-corrected chi connectivity index (χ3v) is 1.37. The molecule has 0 saturated carbocycles. The van der Waals surface area contributed by atoms with Crippen LogP contribution in [-0.2, 0) is 0 Å². The summed E-state index contributed by atoms with van der Waals surface area (Å²) in [6.45, 7) is 8.98. The van der Waals surface area contributed by atoms with Crippen molar-refractivity contribution < 1.29 is 0 Å². The van der Waals surface area contributed by atoms with E-state index in [0.717, 1.165) is 12.8 Å². The van der Waals surface area contributed by atoms with Crippen molar-refractivity contribution in [1.29, 1.82) is 0 Å². The van der Waals surface area contributed by atoms with E-state index in [1.807, 2.05) is 0 Å². The van der Waals surface area contributed by atoms with Gasteiger partial charge in [-0.2, -0.15) is 0 Å². The van der Waals surface area contributed by atoms with Gasteiger partial charge in [0.2, 0.25) is 0 Å². The van der Waals surface area contributed by atoms with E-state index < -0.39 is 0 Å². The second kappa shape index (κ2) is 7.74. The van der Waals surface area contributed by atoms with Crippen LogP contribution < -0.4 is 0 Å². The molecule has 0 spiro atoms. The van der Waals surface area contributed by atoms with Crippen molar-refractivity contribution in [1.82, 2.24) is 0 Å². The maximum atomic E-state index is 5.21. The molecule has 0 aliphatic heterocycles. The summed E-state index contributed by atoms with van der Waals surface area (Å²) in [7, 11) is 0. The van der Waals surface area contributed by atoms with Crippen LogP contribution in [0.3, 0.4) is 0 Å². The second-order valence-corrected chi connectivity index (χ2v) is 2.29. The summed E-state index contributed by atoms with van der Waals surface area (Å²) in [5.74, 6) is 0. The van der Waals surface area contributed by atoms with Crippen LogP contribution >= 0.6 is 0 Å². The van der Waals surface area contributed by atoms with Gasteiger partial charge in [0.05, 0.1) is 0 Å². The van der Waals surface area contributed by atoms with Crippen molar-refractivity contribution in [3.8, 4) is 0 Å². The van der Waals surface area contributed by atoms with Gasteiger partial charge in [0.1, 0.15) is 0 Å². The zero-order valence-electron chi connectivity index (χ0n) is 6.10. The minimum absolute atomic E-state index is 1.07. The molecule has 0 fully saturated rings. The van der Waals surface area contributed by atoms with Crippen LogP contribution in [0.2, 0.25) is 0 Å². The summed E-state index contributed by atoms with van der Waals surface area (Å²) in [5, 5.41) is 0. The first-order valence-corrected chi connectivity index (χ1v) is 3.74. The second-order valence-electron chi connectivity index (χ2n) is 2.29. The fourth-order valence-electron chi connectivity index (χ4n) is 0.793. The molecule has 0 aliphatic rings. The lowest BCUT2D eigenvalue weighted by molar-refractivity contribution is 0.651. The van der Waals surface area contributed by atoms with Gasteiger partial charge in [-0.05, 0) is 12.8 Å². The van der Waals surface area contributed by atoms with Crippen molar-refractivity contribution in [3.63, 3.8) is 0 Å². The first-order chi connectivity index (χ1) is 4.41. The van der Waals surface area contributed by atoms with E-state index in [9.17, 15) is 0 Å². The van der Waals surface area contributed by atoms with Gasteiger partial charge in [-0.1, -0.05) is 45.3 Å². The molecule has 0 N–H and O–H groups in total. The Kier molecular flexibility index (Phi) is 7.52. The smallest absolute Gasteiger partial charge is 0.0348 e. The molecule has 0 aromatic heterocycles. The number of rotatable bonds is 6. The molecule has 0 aliphatic carbocycles. The van der Waals surface area contributed by atoms with Gasteiger partial charge >= 0.3 is 0 Å². The predicted octanol–water partition coefficient (Wildman–Crippen LogP) is 3.15. The average molecular weight is 124 g/mol. The standard InChI is InChI=1S/C9H16/c1-3-5-7-9-8-6-4-2/h1,3H,2,4-9H2. The van der Waals surface area contributed by atoms with E-state index >= 15 is 0 Å². The van der Waals surface area contributed by atoms with Crippen molar-refractivity contribution in [3.05, 3.63) is 19.6 Å². The molecule has 2 radical (unpaired) electrons. The van der Waals surface area contributed by atoms with Crippen molar-refractivity contribution >= 4 is 0 Å². The van der Waals surface area contributed by atoms with E-state index in [4.69, 9.17) is 6.58 Å². The van der Waals surface area contributed by atoms with Crippen LogP contribution in [0, 0.1) is 13.5 Å². The van der Waals surface area contributed by atoms with Crippen LogP contribution in [0.5, 0.6) is 0 Å². The molecule has 0 rings (SSSR count). The minimum atomic E-state index is 1.07. The molecule has 9 heavy (non-hydrogen) atoms. The average Bonchev–Trinajstić information content (AvgIpc) is 1.89. The van der Waals surface area contributed by atoms with Crippen LogP contribution in [-0.4, -0.2) is 0 Å². The maximum absolute atomic E-state index is 5.21. The van der Waals surface area contributed by atoms with Gasteiger partial charge in [-0.15, -0.1) is 0 Å². The fourth-order valence-corrected chi connectivity index (χ4v) is 0.793. The number of hydrogen-bond acceptors (Lipinski definition) is 0. The molecular weight excluding hydrogens is 108 g/mol. The Balaban J connectivity index is 2.66. The molecule has 0 heteroatoms. The van der Waals surface area contributed by atoms with Crippen LogP contribution in [0.1, 0.15) is 38.5 Å². The van der Waals surface area contributed by atoms with Crippen molar-refractivity contribution in [2.45, 2.75) is 38.5 Å². The number of hydrogen-bond donors (Lipinski definition) is 0. The predicted molar refractivity (Wildman–Crippen MR) is 41.9 cm³/mol. The Labute approximate surface area is 59.0 Å². The molecule has 0 unspecified atom stereocenters. The molecule has 0 saturated heterocycles. The quantitative estimate of drug-likeness (QED) is 0.477. The van der Waals surface area contributed by atoms with Gasteiger partial charge in [0, 0.05) is 0 Å². The molecule has 0 nitrogen and oxygen atoms in total. The SMILES string of the molecule is [CH]=CCCCCCC[CH2]. The van der Waals surface area contributed by atoms with Gasteiger partial charge in [-0.3, -0.25) is 0 Å². The lowest BCUT2D eigenvalue weighted by Gasteiger charge is -1.94. The zero-order valence-corrected chi connectivity index (χ0v) is 6.10. The Morgan fingerprint density at radius 3 is 2.33 bits per heavy atom. The Bertz CT molecular complexity index is 55.1. The Morgan fingerprint density at radius 2 is 1.78 bits per heavy atom. The van der Waals surface area contributed by atoms with Crippen LogP contribution in [0.25, 0.3) is 0 Å². The molecule has 0 atom stereocenters. The summed E-state index contributed by atoms with van der Waals surface area (Å²) < 4.78 is 0. The third kappa shape index (κ3) is 7.74. The highest BCUT2D eigenvalue weighted by atomic mass is 13.9. The molecule has 52 valence electrons. The monoisotopic (exact) mass is 124 g/mol. The summed E-state index contributed by atoms with van der Waals surface area (Å²) in [6.07, 6.45) is 9.02. The summed E-state index contributed by atoms with van der Waals surface area (Å²) in [5.41, 5.74) is 0. The highest BCUT2D eigenvalue weighted by molar-refractivity contribution is 4.61. The van der Waals surface area contributed by atoms with E-state index in [1.54, 1.807) is 6.08 Å². The first kappa shape index (κ1) is 8.74. The molecular formula is C9H16. The van der Waals surface area contributed by atoms with E-state index in [-0.39, 0.29) is 0 Å². The number of unbranched alkanes of at least 4 members (excludes halogenated alkanes) is 5. The first-order valence-electron chi connectivity index (χ1n) is 3.74. The van der Waals surface area contributed by atoms with Crippen LogP contribution in [0.15, 0.2) is 6.08 Å². The summed E-state index contributed by atoms with van der Waals surface area (Å²) in [4.78, 5) is 0. The Hall–Kier alpha value is -0.260. The lowest BCUT2D eigenvalue weighted by Crippen LogP contribution is -1.74. The number of allylic oxidation sites excluding steroid dienone is 1. The third-order valence-electron chi connectivity index (χ3n) is 1.37. The Morgan fingerprint density at radius 1 is 1.11 bits per heavy atom. The molecule has 0 aromatic rings. The van der Waals surface area contributed by atoms with Gasteiger partial charge in [0.15, 0.2) is 0 Å². The van der Waals surface area contributed by atoms with Gasteiger partial charge < -0.3 is 0 Å². The van der Waals surface area contributed by atoms with E-state index in [1.165, 1.54) is 25.7 Å². The normalized spacial score (nSPS) is 9.44. The lowest BCUT2D eigenvalue weighted by atomic mass is 10.1. The van der Waals surface area contributed by atoms with Gasteiger partial charge in [0.25, 0.3) is 0 Å². The largest absolute Gasteiger partial charge is 0.0845 e. The highest BCUT2D eigenvalue weighted by Crippen LogP contribution is 2.04. The summed E-state index contributed by atoms with van der Waals surface area (Å²) >= 11 is 0. The van der Waals surface area contributed by atoms with E-state index in [2.05, 4.69) is 6.92 Å². The molecule has 0 heterocycles. The minimum Gasteiger partial charge on any atom is -0.0845 e. The zero-order chi connectivity index (χ0) is 6.95. The molecule has 0 aromatic carbocycles. The molecule has 0 bridgehead atoms. The van der Waals surface area contributed by atoms with Crippen LogP contribution in [0.4, 0.5) is 0 Å². The summed E-state index contributed by atoms with van der Waals surface area (Å²) in [6, 6.07) is 0. The van der Waals surface area contributed by atoms with E-state index in [0.29, 0.717) is 0 Å². The van der Waals surface area contributed by atoms with Gasteiger partial charge in [-0.25, -0.2) is 0 Å². The highest BCUT2D eigenvalue weighted by Gasteiger charge is 1.84. The fraction of sp³-hybridized carbons (Fsp3) is 0.667. The topological polar surface area (TPSA) is 0 Å². The maximum Gasteiger partial charge on any atom is -0.0348 e. The van der Waals surface area contributed by atoms with Crippen molar-refractivity contribution in [2.24, 2.45) is 0 Å². The van der Waals surface area contributed by atoms with Crippen molar-refractivity contribution in [2.75, 3.05) is 0 Å².